The molecule has 2 heterocycles. The summed E-state index contributed by atoms with van der Waals surface area (Å²) >= 11 is 0. The van der Waals surface area contributed by atoms with Crippen molar-refractivity contribution in [2.45, 2.75) is 13.2 Å². The maximum Gasteiger partial charge on any atom is 0.354 e. The van der Waals surface area contributed by atoms with Gasteiger partial charge in [-0.1, -0.05) is 0 Å². The lowest BCUT2D eigenvalue weighted by Gasteiger charge is -2.06. The third-order valence-electron chi connectivity index (χ3n) is 2.70. The molecule has 1 aliphatic rings. The Morgan fingerprint density at radius 2 is 2.11 bits per heavy atom. The van der Waals surface area contributed by atoms with Gasteiger partial charge in [0.1, 0.15) is 0 Å². The lowest BCUT2D eigenvalue weighted by atomic mass is 10.2. The molecule has 7 heteroatoms. The molecular weight excluding hydrogens is 253 g/mol. The molecule has 3 rings (SSSR count). The van der Waals surface area contributed by atoms with E-state index < -0.39 is 17.3 Å². The predicted molar refractivity (Wildman–Crippen MR) is 64.9 cm³/mol. The normalized spacial score (nSPS) is 16.6. The van der Waals surface area contributed by atoms with E-state index in [0.29, 0.717) is 17.2 Å². The number of anilines is 1. The van der Waals surface area contributed by atoms with E-state index in [-0.39, 0.29) is 6.29 Å². The van der Waals surface area contributed by atoms with Gasteiger partial charge in [0.05, 0.1) is 11.9 Å². The fourth-order valence-electron chi connectivity index (χ4n) is 1.85. The first-order chi connectivity index (χ1) is 9.04. The molecule has 2 N–H and O–H groups in total. The van der Waals surface area contributed by atoms with Gasteiger partial charge >= 0.3 is 5.69 Å². The summed E-state index contributed by atoms with van der Waals surface area (Å²) in [4.78, 5) is 15.1. The summed E-state index contributed by atoms with van der Waals surface area (Å²) < 4.78 is 25.2. The Bertz CT molecular complexity index is 714. The van der Waals surface area contributed by atoms with Crippen molar-refractivity contribution >= 4 is 5.82 Å². The number of nitrogens with two attached hydrogens (primary N) is 1. The highest BCUT2D eigenvalue weighted by molar-refractivity contribution is 5.50. The van der Waals surface area contributed by atoms with Gasteiger partial charge in [-0.3, -0.25) is 4.57 Å². The zero-order valence-corrected chi connectivity index (χ0v) is 9.96. The number of nitrogens with zero attached hydrogens (tertiary/aromatic N) is 2. The second-order valence-corrected chi connectivity index (χ2v) is 4.06. The maximum absolute atomic E-state index is 13.4. The third-order valence-corrected chi connectivity index (χ3v) is 2.70. The Balaban J connectivity index is 2.11. The summed E-state index contributed by atoms with van der Waals surface area (Å²) in [5.74, 6) is -0.108. The zero-order chi connectivity index (χ0) is 13.6. The summed E-state index contributed by atoms with van der Waals surface area (Å²) in [7, 11) is 0. The average molecular weight is 263 g/mol. The van der Waals surface area contributed by atoms with Crippen molar-refractivity contribution in [1.82, 2.24) is 9.55 Å². The van der Waals surface area contributed by atoms with Crippen LogP contribution in [0.4, 0.5) is 10.2 Å². The van der Waals surface area contributed by atoms with E-state index in [0.717, 1.165) is 10.8 Å². The molecule has 0 saturated heterocycles. The van der Waals surface area contributed by atoms with Crippen LogP contribution < -0.4 is 20.9 Å². The van der Waals surface area contributed by atoms with Crippen LogP contribution in [0.2, 0.25) is 0 Å². The van der Waals surface area contributed by atoms with Gasteiger partial charge in [0.2, 0.25) is 6.29 Å². The first kappa shape index (κ1) is 11.5. The van der Waals surface area contributed by atoms with E-state index in [4.69, 9.17) is 15.2 Å². The third kappa shape index (κ3) is 1.88. The molecule has 19 heavy (non-hydrogen) atoms. The predicted octanol–water partition coefficient (Wildman–Crippen LogP) is 1.07. The van der Waals surface area contributed by atoms with Crippen molar-refractivity contribution in [3.8, 4) is 17.2 Å². The highest BCUT2D eigenvalue weighted by Gasteiger charge is 2.20. The second kappa shape index (κ2) is 3.98. The van der Waals surface area contributed by atoms with Crippen LogP contribution in [-0.4, -0.2) is 15.8 Å². The van der Waals surface area contributed by atoms with Gasteiger partial charge in [-0.25, -0.2) is 9.18 Å². The molecule has 98 valence electrons. The van der Waals surface area contributed by atoms with Crippen LogP contribution in [0.3, 0.4) is 0 Å². The Labute approximate surface area is 107 Å². The zero-order valence-electron chi connectivity index (χ0n) is 9.96. The number of nitrogen functional groups attached to an aromatic ring is 1. The number of fused-ring (bicyclic) bond motifs is 1. The van der Waals surface area contributed by atoms with Crippen LogP contribution in [-0.2, 0) is 0 Å². The minimum atomic E-state index is -0.759. The highest BCUT2D eigenvalue weighted by Crippen LogP contribution is 2.35. The van der Waals surface area contributed by atoms with E-state index >= 15 is 0 Å². The van der Waals surface area contributed by atoms with Crippen LogP contribution >= 0.6 is 0 Å². The summed E-state index contributed by atoms with van der Waals surface area (Å²) in [5.41, 5.74) is 4.99. The van der Waals surface area contributed by atoms with Gasteiger partial charge in [-0.05, 0) is 12.1 Å². The quantitative estimate of drug-likeness (QED) is 0.832. The van der Waals surface area contributed by atoms with E-state index in [1.807, 2.05) is 0 Å². The van der Waals surface area contributed by atoms with Crippen molar-refractivity contribution in [2.24, 2.45) is 0 Å². The van der Waals surface area contributed by atoms with Crippen molar-refractivity contribution in [3.63, 3.8) is 0 Å². The minimum Gasteiger partial charge on any atom is -0.451 e. The Kier molecular flexibility index (Phi) is 2.41. The number of hydrogen-bond acceptors (Lipinski definition) is 5. The van der Waals surface area contributed by atoms with Gasteiger partial charge in [-0.15, -0.1) is 0 Å². The number of rotatable bonds is 1. The van der Waals surface area contributed by atoms with Crippen LogP contribution in [0.15, 0.2) is 29.2 Å². The van der Waals surface area contributed by atoms with Gasteiger partial charge in [0.25, 0.3) is 0 Å². The van der Waals surface area contributed by atoms with E-state index in [9.17, 15) is 9.18 Å². The average Bonchev–Trinajstić information content (AvgIpc) is 2.72. The van der Waals surface area contributed by atoms with Crippen molar-refractivity contribution in [3.05, 3.63) is 40.7 Å². The van der Waals surface area contributed by atoms with Crippen molar-refractivity contribution in [1.29, 1.82) is 0 Å². The lowest BCUT2D eigenvalue weighted by Crippen LogP contribution is -2.23. The smallest absolute Gasteiger partial charge is 0.354 e. The Hall–Kier alpha value is -2.57. The Morgan fingerprint density at radius 1 is 1.37 bits per heavy atom. The molecule has 1 atom stereocenters. The van der Waals surface area contributed by atoms with Gasteiger partial charge in [0, 0.05) is 13.0 Å². The lowest BCUT2D eigenvalue weighted by molar-refractivity contribution is 0.0678. The van der Waals surface area contributed by atoms with Crippen molar-refractivity contribution in [2.75, 3.05) is 5.73 Å². The van der Waals surface area contributed by atoms with E-state index in [1.165, 1.54) is 0 Å². The molecule has 1 unspecified atom stereocenters. The standard InChI is InChI=1S/C12H10FN3O3/c1-6-18-9-3-2-7(4-10(9)19-6)16-5-8(13)11(14)15-12(16)17/h2-6H,1H3,(H2,14,15,17). The summed E-state index contributed by atoms with van der Waals surface area (Å²) in [5, 5.41) is 0. The van der Waals surface area contributed by atoms with Gasteiger partial charge in [0.15, 0.2) is 23.1 Å². The topological polar surface area (TPSA) is 79.4 Å². The van der Waals surface area contributed by atoms with Crippen LogP contribution in [0, 0.1) is 5.82 Å². The highest BCUT2D eigenvalue weighted by atomic mass is 19.1. The number of halogens is 1. The summed E-state index contributed by atoms with van der Waals surface area (Å²) in [6.07, 6.45) is 0.606. The maximum atomic E-state index is 13.4. The molecule has 0 fully saturated rings. The Morgan fingerprint density at radius 3 is 2.89 bits per heavy atom. The monoisotopic (exact) mass is 263 g/mol. The molecular formula is C12H10FN3O3. The molecule has 6 nitrogen and oxygen atoms in total. The van der Waals surface area contributed by atoms with E-state index in [1.54, 1.807) is 25.1 Å². The minimum absolute atomic E-state index is 0.386. The van der Waals surface area contributed by atoms with Crippen LogP contribution in [0.25, 0.3) is 5.69 Å². The second-order valence-electron chi connectivity index (χ2n) is 4.06. The van der Waals surface area contributed by atoms with Gasteiger partial charge < -0.3 is 15.2 Å². The molecule has 0 aliphatic carbocycles. The molecule has 0 bridgehead atoms. The number of aromatic nitrogens is 2. The molecule has 0 amide bonds. The first-order valence-corrected chi connectivity index (χ1v) is 5.57. The molecule has 0 radical (unpaired) electrons. The van der Waals surface area contributed by atoms with E-state index in [2.05, 4.69) is 4.98 Å². The fraction of sp³-hybridized carbons (Fsp3) is 0.167. The number of hydrogen-bond donors (Lipinski definition) is 1. The summed E-state index contributed by atoms with van der Waals surface area (Å²) in [6, 6.07) is 4.84. The first-order valence-electron chi connectivity index (χ1n) is 5.57. The number of ether oxygens (including phenoxy) is 2. The molecule has 0 spiro atoms. The number of benzene rings is 1. The molecule has 2 aromatic rings. The molecule has 0 saturated carbocycles. The summed E-state index contributed by atoms with van der Waals surface area (Å²) in [6.45, 7) is 1.75. The molecule has 1 aliphatic heterocycles. The van der Waals surface area contributed by atoms with Crippen molar-refractivity contribution < 1.29 is 13.9 Å². The van der Waals surface area contributed by atoms with Gasteiger partial charge in [-0.2, -0.15) is 4.98 Å². The van der Waals surface area contributed by atoms with Crippen LogP contribution in [0.1, 0.15) is 6.92 Å². The largest absolute Gasteiger partial charge is 0.451 e. The van der Waals surface area contributed by atoms with Crippen LogP contribution in [0.5, 0.6) is 11.5 Å². The SMILES string of the molecule is CC1Oc2ccc(-n3cc(F)c(N)nc3=O)cc2O1. The fourth-order valence-corrected chi connectivity index (χ4v) is 1.85. The molecule has 1 aromatic heterocycles. The molecule has 1 aromatic carbocycles.